The molecule has 4 nitrogen and oxygen atoms in total. The Hall–Kier alpha value is -1.81. The average molecular weight is 329 g/mol. The molecule has 1 aromatic rings. The van der Waals surface area contributed by atoms with Crippen molar-refractivity contribution >= 4 is 11.8 Å². The molecule has 1 heterocycles. The number of anilines is 1. The Morgan fingerprint density at radius 3 is 2.71 bits per heavy atom. The van der Waals surface area contributed by atoms with Gasteiger partial charge in [-0.05, 0) is 37.8 Å². The molecule has 0 spiro atoms. The zero-order valence-corrected chi connectivity index (χ0v) is 14.9. The number of rotatable bonds is 3. The number of carbonyl (C=O) groups is 1. The van der Waals surface area contributed by atoms with Crippen molar-refractivity contribution in [3.8, 4) is 0 Å². The first-order chi connectivity index (χ1) is 11.4. The van der Waals surface area contributed by atoms with Crippen LogP contribution in [0.25, 0.3) is 0 Å². The minimum atomic E-state index is -0.406. The Balaban J connectivity index is 1.70. The van der Waals surface area contributed by atoms with Crippen LogP contribution < -0.4 is 5.32 Å². The highest BCUT2D eigenvalue weighted by atomic mass is 16.6. The highest BCUT2D eigenvalue weighted by molar-refractivity contribution is 5.84. The molecule has 0 unspecified atom stereocenters. The van der Waals surface area contributed by atoms with Gasteiger partial charge in [0.05, 0.1) is 12.7 Å². The van der Waals surface area contributed by atoms with Gasteiger partial charge in [-0.25, -0.2) is 4.79 Å². The van der Waals surface area contributed by atoms with Crippen LogP contribution in [0.2, 0.25) is 0 Å². The van der Waals surface area contributed by atoms with Crippen LogP contribution in [0.15, 0.2) is 42.0 Å². The van der Waals surface area contributed by atoms with Gasteiger partial charge in [-0.15, -0.1) is 0 Å². The monoisotopic (exact) mass is 329 g/mol. The van der Waals surface area contributed by atoms with Crippen molar-refractivity contribution in [3.05, 3.63) is 42.0 Å². The van der Waals surface area contributed by atoms with E-state index >= 15 is 0 Å². The van der Waals surface area contributed by atoms with Gasteiger partial charge in [-0.2, -0.15) is 0 Å². The van der Waals surface area contributed by atoms with Crippen LogP contribution in [0.1, 0.15) is 27.7 Å². The summed E-state index contributed by atoms with van der Waals surface area (Å²) in [5.41, 5.74) is 1.99. The molecule has 4 heteroatoms. The summed E-state index contributed by atoms with van der Waals surface area (Å²) in [5.74, 6) is 1.14. The molecule has 1 N–H and O–H groups in total. The number of hydrogen-bond donors (Lipinski definition) is 1. The highest BCUT2D eigenvalue weighted by Crippen LogP contribution is 2.52. The van der Waals surface area contributed by atoms with Crippen LogP contribution in [0.4, 0.5) is 10.5 Å². The smallest absolute Gasteiger partial charge is 0.411 e. The lowest BCUT2D eigenvalue weighted by Gasteiger charge is -2.54. The van der Waals surface area contributed by atoms with Crippen LogP contribution >= 0.6 is 0 Å². The predicted molar refractivity (Wildman–Crippen MR) is 94.8 cm³/mol. The molecule has 130 valence electrons. The third kappa shape index (κ3) is 2.95. The van der Waals surface area contributed by atoms with Gasteiger partial charge in [0.15, 0.2) is 0 Å². The first-order valence-electron chi connectivity index (χ1n) is 8.73. The van der Waals surface area contributed by atoms with Gasteiger partial charge in [0.25, 0.3) is 0 Å². The standard InChI is InChI=1S/C20H27NO3/c1-13-10-14(2)20(11-23-16(4)18(13)15(20)3)12-24-19(22)21-17-8-6-5-7-9-17/h5-10,14-16,18H,11-12H2,1-4H3,(H,21,22)/t14-,15-,16-,18+,20-/m0/s1. The number of allylic oxidation sites excluding steroid dienone is 1. The number of benzene rings is 1. The quantitative estimate of drug-likeness (QED) is 0.831. The second-order valence-electron chi connectivity index (χ2n) is 7.33. The molecular formula is C20H27NO3. The Kier molecular flexibility index (Phi) is 4.68. The maximum atomic E-state index is 12.2. The van der Waals surface area contributed by atoms with Crippen LogP contribution in [0.3, 0.4) is 0 Å². The van der Waals surface area contributed by atoms with Gasteiger partial charge < -0.3 is 9.47 Å². The topological polar surface area (TPSA) is 47.6 Å². The van der Waals surface area contributed by atoms with Gasteiger partial charge in [0, 0.05) is 17.0 Å². The van der Waals surface area contributed by atoms with E-state index in [-0.39, 0.29) is 11.5 Å². The van der Waals surface area contributed by atoms with Crippen molar-refractivity contribution < 1.29 is 14.3 Å². The number of nitrogens with one attached hydrogen (secondary N) is 1. The third-order valence-corrected chi connectivity index (χ3v) is 6.00. The minimum Gasteiger partial charge on any atom is -0.449 e. The van der Waals surface area contributed by atoms with Crippen molar-refractivity contribution in [3.63, 3.8) is 0 Å². The molecule has 1 aliphatic carbocycles. The van der Waals surface area contributed by atoms with Crippen LogP contribution in [0.5, 0.6) is 0 Å². The summed E-state index contributed by atoms with van der Waals surface area (Å²) < 4.78 is 11.7. The van der Waals surface area contributed by atoms with E-state index in [1.165, 1.54) is 5.57 Å². The first kappa shape index (κ1) is 17.0. The molecule has 1 aromatic carbocycles. The maximum Gasteiger partial charge on any atom is 0.411 e. The molecule has 2 bridgehead atoms. The number of amides is 1. The zero-order chi connectivity index (χ0) is 17.3. The van der Waals surface area contributed by atoms with Gasteiger partial charge in [0.2, 0.25) is 0 Å². The number of fused-ring (bicyclic) bond motifs is 2. The molecule has 3 rings (SSSR count). The summed E-state index contributed by atoms with van der Waals surface area (Å²) in [6.07, 6.45) is 2.15. The van der Waals surface area contributed by atoms with Crippen LogP contribution in [-0.2, 0) is 9.47 Å². The first-order valence-corrected chi connectivity index (χ1v) is 8.73. The van der Waals surface area contributed by atoms with Gasteiger partial charge >= 0.3 is 6.09 Å². The SMILES string of the molecule is CC1=C[C@H](C)[C@@]2(COC(=O)Nc3ccccc3)CO[C@@H](C)[C@H]1[C@@H]2C. The fourth-order valence-corrected chi connectivity index (χ4v) is 4.45. The molecule has 24 heavy (non-hydrogen) atoms. The fourth-order valence-electron chi connectivity index (χ4n) is 4.45. The lowest BCUT2D eigenvalue weighted by molar-refractivity contribution is -0.156. The Labute approximate surface area is 144 Å². The van der Waals surface area contributed by atoms with E-state index in [2.05, 4.69) is 39.1 Å². The summed E-state index contributed by atoms with van der Waals surface area (Å²) in [7, 11) is 0. The maximum absolute atomic E-state index is 12.2. The molecule has 1 amide bonds. The van der Waals surface area contributed by atoms with Gasteiger partial charge in [-0.1, -0.05) is 43.7 Å². The lowest BCUT2D eigenvalue weighted by Crippen LogP contribution is -2.56. The second kappa shape index (κ2) is 6.60. The second-order valence-corrected chi connectivity index (χ2v) is 7.33. The molecule has 1 fully saturated rings. The van der Waals surface area contributed by atoms with E-state index in [4.69, 9.17) is 9.47 Å². The third-order valence-electron chi connectivity index (χ3n) is 6.00. The number of carbonyl (C=O) groups excluding carboxylic acids is 1. The van der Waals surface area contributed by atoms with E-state index in [0.29, 0.717) is 31.0 Å². The van der Waals surface area contributed by atoms with E-state index < -0.39 is 6.09 Å². The van der Waals surface area contributed by atoms with Crippen molar-refractivity contribution in [1.29, 1.82) is 0 Å². The predicted octanol–water partition coefficient (Wildman–Crippen LogP) is 4.49. The minimum absolute atomic E-state index is 0.148. The van der Waals surface area contributed by atoms with Crippen LogP contribution in [0, 0.1) is 23.2 Å². The summed E-state index contributed by atoms with van der Waals surface area (Å²) >= 11 is 0. The number of hydrogen-bond acceptors (Lipinski definition) is 3. The van der Waals surface area contributed by atoms with Crippen molar-refractivity contribution in [1.82, 2.24) is 0 Å². The summed E-state index contributed by atoms with van der Waals surface area (Å²) in [5, 5.41) is 2.78. The fraction of sp³-hybridized carbons (Fsp3) is 0.550. The largest absolute Gasteiger partial charge is 0.449 e. The van der Waals surface area contributed by atoms with E-state index in [1.54, 1.807) is 0 Å². The normalized spacial score (nSPS) is 35.1. The molecule has 2 aliphatic rings. The number of ether oxygens (including phenoxy) is 2. The summed E-state index contributed by atoms with van der Waals surface area (Å²) in [6.45, 7) is 9.82. The van der Waals surface area contributed by atoms with Crippen molar-refractivity contribution in [2.24, 2.45) is 23.2 Å². The summed E-state index contributed by atoms with van der Waals surface area (Å²) in [6, 6.07) is 9.37. The molecule has 5 atom stereocenters. The summed E-state index contributed by atoms with van der Waals surface area (Å²) in [4.78, 5) is 12.2. The van der Waals surface area contributed by atoms with E-state index in [9.17, 15) is 4.79 Å². The van der Waals surface area contributed by atoms with Crippen molar-refractivity contribution in [2.45, 2.75) is 33.8 Å². The average Bonchev–Trinajstić information content (AvgIpc) is 2.54. The van der Waals surface area contributed by atoms with E-state index in [1.807, 2.05) is 30.3 Å². The van der Waals surface area contributed by atoms with Crippen LogP contribution in [-0.4, -0.2) is 25.4 Å². The molecule has 1 aliphatic heterocycles. The van der Waals surface area contributed by atoms with Crippen molar-refractivity contribution in [2.75, 3.05) is 18.5 Å². The molecular weight excluding hydrogens is 302 g/mol. The Morgan fingerprint density at radius 2 is 2.00 bits per heavy atom. The highest BCUT2D eigenvalue weighted by Gasteiger charge is 2.53. The molecule has 0 saturated carbocycles. The van der Waals surface area contributed by atoms with E-state index in [0.717, 1.165) is 5.69 Å². The molecule has 0 aromatic heterocycles. The molecule has 0 radical (unpaired) electrons. The Morgan fingerprint density at radius 1 is 1.29 bits per heavy atom. The van der Waals surface area contributed by atoms with Gasteiger partial charge in [0.1, 0.15) is 6.61 Å². The zero-order valence-electron chi connectivity index (χ0n) is 14.9. The molecule has 1 saturated heterocycles. The Bertz CT molecular complexity index is 627. The number of para-hydroxylation sites is 1. The lowest BCUT2D eigenvalue weighted by atomic mass is 9.56. The van der Waals surface area contributed by atoms with Gasteiger partial charge in [-0.3, -0.25) is 5.32 Å².